The van der Waals surface area contributed by atoms with Crippen LogP contribution in [0.25, 0.3) is 0 Å². The van der Waals surface area contributed by atoms with Gasteiger partial charge < -0.3 is 5.73 Å². The largest absolute Gasteiger partial charge is 0.330 e. The van der Waals surface area contributed by atoms with E-state index in [1.165, 1.54) is 0 Å². The van der Waals surface area contributed by atoms with E-state index in [-0.39, 0.29) is 11.2 Å². The summed E-state index contributed by atoms with van der Waals surface area (Å²) in [7, 11) is -3.09. The summed E-state index contributed by atoms with van der Waals surface area (Å²) in [5, 5.41) is 0. The molecule has 14 heavy (non-hydrogen) atoms. The molecule has 0 bridgehead atoms. The molecule has 0 amide bonds. The molecule has 0 aromatic carbocycles. The van der Waals surface area contributed by atoms with Crippen LogP contribution in [-0.2, 0) is 10.0 Å². The van der Waals surface area contributed by atoms with Gasteiger partial charge in [0.2, 0.25) is 10.0 Å². The summed E-state index contributed by atoms with van der Waals surface area (Å²) in [6.07, 6.45) is 1.60. The van der Waals surface area contributed by atoms with Crippen LogP contribution in [0.3, 0.4) is 0 Å². The molecule has 4 nitrogen and oxygen atoms in total. The van der Waals surface area contributed by atoms with Gasteiger partial charge in [0.15, 0.2) is 0 Å². The quantitative estimate of drug-likeness (QED) is 0.665. The molecule has 0 aliphatic carbocycles. The third kappa shape index (κ3) is 6.34. The molecule has 0 spiro atoms. The smallest absolute Gasteiger partial charge is 0.211 e. The van der Waals surface area contributed by atoms with Gasteiger partial charge in [-0.3, -0.25) is 0 Å². The third-order valence-electron chi connectivity index (χ3n) is 2.09. The van der Waals surface area contributed by atoms with Gasteiger partial charge in [0.25, 0.3) is 0 Å². The summed E-state index contributed by atoms with van der Waals surface area (Å²) < 4.78 is 25.4. The fourth-order valence-electron chi connectivity index (χ4n) is 0.784. The van der Waals surface area contributed by atoms with Crippen LogP contribution in [0.2, 0.25) is 0 Å². The summed E-state index contributed by atoms with van der Waals surface area (Å²) in [4.78, 5) is 0. The minimum absolute atomic E-state index is 0.167. The minimum Gasteiger partial charge on any atom is -0.330 e. The Morgan fingerprint density at radius 1 is 1.36 bits per heavy atom. The van der Waals surface area contributed by atoms with Gasteiger partial charge in [-0.05, 0) is 18.4 Å². The Hall–Kier alpha value is -0.130. The zero-order chi connectivity index (χ0) is 11.2. The normalized spacial score (nSPS) is 13.1. The first-order valence-corrected chi connectivity index (χ1v) is 6.65. The second-order valence-corrected chi connectivity index (χ2v) is 6.29. The monoisotopic (exact) mass is 222 g/mol. The van der Waals surface area contributed by atoms with Crippen molar-refractivity contribution in [1.29, 1.82) is 0 Å². The van der Waals surface area contributed by atoms with Crippen LogP contribution in [-0.4, -0.2) is 27.3 Å². The summed E-state index contributed by atoms with van der Waals surface area (Å²) in [6.45, 7) is 6.74. The molecule has 0 atom stereocenters. The molecule has 0 heterocycles. The van der Waals surface area contributed by atoms with Crippen molar-refractivity contribution in [3.63, 3.8) is 0 Å². The zero-order valence-electron chi connectivity index (χ0n) is 9.34. The molecule has 0 saturated carbocycles. The summed E-state index contributed by atoms with van der Waals surface area (Å²) >= 11 is 0. The van der Waals surface area contributed by atoms with Gasteiger partial charge in [-0.25, -0.2) is 13.1 Å². The number of hydrogen-bond acceptors (Lipinski definition) is 3. The van der Waals surface area contributed by atoms with Crippen LogP contribution in [0, 0.1) is 5.41 Å². The van der Waals surface area contributed by atoms with Crippen LogP contribution < -0.4 is 10.5 Å². The maximum Gasteiger partial charge on any atom is 0.211 e. The highest BCUT2D eigenvalue weighted by Gasteiger charge is 2.18. The summed E-state index contributed by atoms with van der Waals surface area (Å²) in [5.41, 5.74) is 5.33. The molecule has 0 aromatic rings. The van der Waals surface area contributed by atoms with Crippen molar-refractivity contribution in [3.05, 3.63) is 0 Å². The average molecular weight is 222 g/mol. The molecule has 86 valence electrons. The molecule has 0 saturated heterocycles. The van der Waals surface area contributed by atoms with E-state index in [1.807, 2.05) is 20.8 Å². The van der Waals surface area contributed by atoms with E-state index in [2.05, 4.69) is 4.72 Å². The number of nitrogens with one attached hydrogen (secondary N) is 1. The van der Waals surface area contributed by atoms with Gasteiger partial charge in [0.05, 0.1) is 5.75 Å². The fourth-order valence-corrected chi connectivity index (χ4v) is 2.21. The highest BCUT2D eigenvalue weighted by molar-refractivity contribution is 7.89. The molecule has 0 radical (unpaired) electrons. The summed E-state index contributed by atoms with van der Waals surface area (Å²) in [6, 6.07) is 0. The van der Waals surface area contributed by atoms with Crippen LogP contribution in [0.5, 0.6) is 0 Å². The van der Waals surface area contributed by atoms with Gasteiger partial charge in [-0.1, -0.05) is 27.2 Å². The van der Waals surface area contributed by atoms with Gasteiger partial charge in [0.1, 0.15) is 0 Å². The maximum absolute atomic E-state index is 11.4. The molecule has 0 aliphatic rings. The van der Waals surface area contributed by atoms with Gasteiger partial charge in [-0.2, -0.15) is 0 Å². The number of unbranched alkanes of at least 4 members (excludes halogenated alkanes) is 1. The second-order valence-electron chi connectivity index (χ2n) is 4.36. The molecular weight excluding hydrogens is 200 g/mol. The third-order valence-corrected chi connectivity index (χ3v) is 3.50. The van der Waals surface area contributed by atoms with Crippen molar-refractivity contribution in [2.75, 3.05) is 18.8 Å². The Morgan fingerprint density at radius 2 is 1.93 bits per heavy atom. The molecule has 0 unspecified atom stereocenters. The van der Waals surface area contributed by atoms with E-state index in [9.17, 15) is 8.42 Å². The van der Waals surface area contributed by atoms with Crippen LogP contribution in [0.1, 0.15) is 33.6 Å². The Kier molecular flexibility index (Phi) is 5.63. The molecule has 0 aliphatic heterocycles. The first kappa shape index (κ1) is 13.9. The van der Waals surface area contributed by atoms with Crippen LogP contribution >= 0.6 is 0 Å². The Balaban J connectivity index is 4.00. The fraction of sp³-hybridized carbons (Fsp3) is 1.00. The van der Waals surface area contributed by atoms with E-state index in [4.69, 9.17) is 5.73 Å². The second kappa shape index (κ2) is 5.68. The molecule has 0 rings (SSSR count). The molecule has 3 N–H and O–H groups in total. The van der Waals surface area contributed by atoms with E-state index in [0.29, 0.717) is 19.5 Å². The number of sulfonamides is 1. The lowest BCUT2D eigenvalue weighted by molar-refractivity contribution is 0.376. The molecule has 5 heteroatoms. The molecule has 0 fully saturated rings. The van der Waals surface area contributed by atoms with E-state index in [0.717, 1.165) is 6.42 Å². The van der Waals surface area contributed by atoms with Crippen LogP contribution in [0.15, 0.2) is 0 Å². The van der Waals surface area contributed by atoms with E-state index in [1.54, 1.807) is 0 Å². The highest BCUT2D eigenvalue weighted by atomic mass is 32.2. The Bertz CT molecular complexity index is 248. The average Bonchev–Trinajstić information content (AvgIpc) is 2.12. The molecule has 0 aromatic heterocycles. The minimum atomic E-state index is -3.09. The lowest BCUT2D eigenvalue weighted by Gasteiger charge is -2.22. The predicted octanol–water partition coefficient (Wildman–Crippen LogP) is 0.691. The standard InChI is InChI=1S/C9H22N2O2S/c1-4-5-6-14(12,13)11-8-9(2,3)7-10/h11H,4-8,10H2,1-3H3. The number of hydrogen-bond donors (Lipinski definition) is 2. The van der Waals surface area contributed by atoms with Crippen LogP contribution in [0.4, 0.5) is 0 Å². The van der Waals surface area contributed by atoms with Crippen molar-refractivity contribution in [1.82, 2.24) is 4.72 Å². The van der Waals surface area contributed by atoms with Gasteiger partial charge in [-0.15, -0.1) is 0 Å². The van der Waals surface area contributed by atoms with Crippen molar-refractivity contribution in [3.8, 4) is 0 Å². The Labute approximate surface area is 87.3 Å². The van der Waals surface area contributed by atoms with Crippen molar-refractivity contribution in [2.24, 2.45) is 11.1 Å². The topological polar surface area (TPSA) is 72.2 Å². The molecular formula is C9H22N2O2S. The first-order valence-electron chi connectivity index (χ1n) is 5.00. The number of nitrogens with two attached hydrogens (primary N) is 1. The predicted molar refractivity (Wildman–Crippen MR) is 59.5 cm³/mol. The van der Waals surface area contributed by atoms with Crippen molar-refractivity contribution < 1.29 is 8.42 Å². The lowest BCUT2D eigenvalue weighted by Crippen LogP contribution is -2.39. The van der Waals surface area contributed by atoms with Gasteiger partial charge in [0, 0.05) is 6.54 Å². The summed E-state index contributed by atoms with van der Waals surface area (Å²) in [5.74, 6) is 0.212. The van der Waals surface area contributed by atoms with E-state index < -0.39 is 10.0 Å². The lowest BCUT2D eigenvalue weighted by atomic mass is 9.95. The first-order chi connectivity index (χ1) is 6.33. The highest BCUT2D eigenvalue weighted by Crippen LogP contribution is 2.10. The van der Waals surface area contributed by atoms with Gasteiger partial charge >= 0.3 is 0 Å². The van der Waals surface area contributed by atoms with E-state index >= 15 is 0 Å². The maximum atomic E-state index is 11.4. The van der Waals surface area contributed by atoms with Crippen molar-refractivity contribution in [2.45, 2.75) is 33.6 Å². The Morgan fingerprint density at radius 3 is 2.36 bits per heavy atom. The van der Waals surface area contributed by atoms with Crippen molar-refractivity contribution >= 4 is 10.0 Å². The SMILES string of the molecule is CCCCS(=O)(=O)NCC(C)(C)CN. The zero-order valence-corrected chi connectivity index (χ0v) is 10.2. The number of rotatable bonds is 7.